The highest BCUT2D eigenvalue weighted by Crippen LogP contribution is 2.42. The van der Waals surface area contributed by atoms with Gasteiger partial charge in [0.25, 0.3) is 6.43 Å². The highest BCUT2D eigenvalue weighted by Gasteiger charge is 2.29. The average Bonchev–Trinajstić information content (AvgIpc) is 2.76. The second-order valence-electron chi connectivity index (χ2n) is 6.28. The maximum absolute atomic E-state index is 15.0. The number of allylic oxidation sites excluding steroid dienone is 3. The highest BCUT2D eigenvalue weighted by molar-refractivity contribution is 9.12. The van der Waals surface area contributed by atoms with Gasteiger partial charge >= 0.3 is 0 Å². The number of hydrogen-bond donors (Lipinski definition) is 0. The van der Waals surface area contributed by atoms with E-state index in [2.05, 4.69) is 22.5 Å². The molecule has 0 spiro atoms. The molecule has 0 saturated heterocycles. The van der Waals surface area contributed by atoms with Crippen LogP contribution in [0.3, 0.4) is 0 Å². The Morgan fingerprint density at radius 1 is 1.06 bits per heavy atom. The number of halogens is 5. The van der Waals surface area contributed by atoms with Gasteiger partial charge in [0.2, 0.25) is 0 Å². The van der Waals surface area contributed by atoms with Crippen LogP contribution in [-0.4, -0.2) is 24.5 Å². The lowest BCUT2D eigenvalue weighted by molar-refractivity contribution is 0.0815. The molecule has 31 heavy (non-hydrogen) atoms. The third kappa shape index (κ3) is 5.58. The van der Waals surface area contributed by atoms with Crippen molar-refractivity contribution in [1.29, 1.82) is 0 Å². The molecule has 1 aliphatic heterocycles. The molecule has 0 radical (unpaired) electrons. The van der Waals surface area contributed by atoms with E-state index >= 15 is 8.78 Å². The summed E-state index contributed by atoms with van der Waals surface area (Å²) >= 11 is 3.46. The molecule has 3 rings (SSSR count). The number of alkyl halides is 2. The molecule has 2 aromatic carbocycles. The Bertz CT molecular complexity index is 963. The predicted molar refractivity (Wildman–Crippen MR) is 121 cm³/mol. The molecule has 0 unspecified atom stereocenters. The van der Waals surface area contributed by atoms with Crippen LogP contribution in [0.4, 0.5) is 17.6 Å². The van der Waals surface area contributed by atoms with E-state index in [1.807, 2.05) is 51.1 Å². The van der Waals surface area contributed by atoms with Crippen molar-refractivity contribution in [3.63, 3.8) is 0 Å². The van der Waals surface area contributed by atoms with Crippen LogP contribution >= 0.6 is 15.9 Å². The van der Waals surface area contributed by atoms with Crippen molar-refractivity contribution >= 4 is 27.2 Å². The Morgan fingerprint density at radius 2 is 1.65 bits per heavy atom. The second kappa shape index (κ2) is 11.2. The van der Waals surface area contributed by atoms with Crippen LogP contribution < -0.4 is 4.74 Å². The SMILES string of the molecule is C=C1C(Br)=CC(c2ccccc2)=C(c2c(F)cc(OCC(F)F)cc2F)N1CC.CC. The second-order valence-corrected chi connectivity index (χ2v) is 7.13. The Labute approximate surface area is 188 Å². The summed E-state index contributed by atoms with van der Waals surface area (Å²) in [6, 6.07) is 11.0. The van der Waals surface area contributed by atoms with Crippen LogP contribution in [0.25, 0.3) is 11.3 Å². The first-order valence-electron chi connectivity index (χ1n) is 9.87. The van der Waals surface area contributed by atoms with E-state index in [-0.39, 0.29) is 11.3 Å². The predicted octanol–water partition coefficient (Wildman–Crippen LogP) is 7.63. The number of nitrogens with zero attached hydrogens (tertiary/aromatic N) is 1. The van der Waals surface area contributed by atoms with Crippen molar-refractivity contribution in [3.8, 4) is 5.75 Å². The molecule has 0 fully saturated rings. The van der Waals surface area contributed by atoms with Crippen LogP contribution in [0.15, 0.2) is 65.3 Å². The molecule has 0 bridgehead atoms. The normalized spacial score (nSPS) is 13.8. The van der Waals surface area contributed by atoms with Gasteiger partial charge in [-0.1, -0.05) is 50.8 Å². The van der Waals surface area contributed by atoms with Crippen molar-refractivity contribution in [3.05, 3.63) is 88.1 Å². The van der Waals surface area contributed by atoms with Gasteiger partial charge in [0.05, 0.1) is 11.3 Å². The van der Waals surface area contributed by atoms with Crippen LogP contribution in [0.5, 0.6) is 5.75 Å². The van der Waals surface area contributed by atoms with E-state index in [9.17, 15) is 8.78 Å². The first-order chi connectivity index (χ1) is 14.8. The maximum Gasteiger partial charge on any atom is 0.272 e. The molecule has 0 aliphatic carbocycles. The van der Waals surface area contributed by atoms with E-state index in [0.717, 1.165) is 17.7 Å². The van der Waals surface area contributed by atoms with Gasteiger partial charge in [-0.2, -0.15) is 0 Å². The van der Waals surface area contributed by atoms with Gasteiger partial charge < -0.3 is 9.64 Å². The summed E-state index contributed by atoms with van der Waals surface area (Å²) in [6.07, 6.45) is -0.980. The molecule has 0 saturated carbocycles. The summed E-state index contributed by atoms with van der Waals surface area (Å²) in [5.41, 5.74) is 1.96. The van der Waals surface area contributed by atoms with Crippen LogP contribution in [-0.2, 0) is 0 Å². The lowest BCUT2D eigenvalue weighted by atomic mass is 9.94. The van der Waals surface area contributed by atoms with E-state index in [1.54, 1.807) is 11.0 Å². The van der Waals surface area contributed by atoms with Crippen molar-refractivity contribution < 1.29 is 22.3 Å². The van der Waals surface area contributed by atoms with Crippen molar-refractivity contribution in [2.45, 2.75) is 27.2 Å². The number of hydrogen-bond acceptors (Lipinski definition) is 2. The summed E-state index contributed by atoms with van der Waals surface area (Å²) in [4.78, 5) is 1.70. The summed E-state index contributed by atoms with van der Waals surface area (Å²) in [7, 11) is 0. The molecule has 0 atom stereocenters. The third-order valence-corrected chi connectivity index (χ3v) is 5.11. The average molecular weight is 498 g/mol. The van der Waals surface area contributed by atoms with Gasteiger partial charge in [-0.15, -0.1) is 0 Å². The zero-order valence-electron chi connectivity index (χ0n) is 17.6. The molecule has 7 heteroatoms. The number of likely N-dealkylation sites (N-methyl/N-ethyl adjacent to an activating group) is 1. The monoisotopic (exact) mass is 497 g/mol. The smallest absolute Gasteiger partial charge is 0.272 e. The third-order valence-electron chi connectivity index (χ3n) is 4.43. The topological polar surface area (TPSA) is 12.5 Å². The molecular weight excluding hydrogens is 474 g/mol. The molecular formula is C24H24BrF4NO. The Kier molecular flexibility index (Phi) is 8.92. The van der Waals surface area contributed by atoms with E-state index in [1.165, 1.54) is 0 Å². The Morgan fingerprint density at radius 3 is 2.16 bits per heavy atom. The van der Waals surface area contributed by atoms with Gasteiger partial charge in [0.1, 0.15) is 24.0 Å². The zero-order chi connectivity index (χ0) is 23.1. The standard InChI is InChI=1S/C22H18BrF4NO.C2H6/c1-3-28-13(2)17(23)11-16(14-7-5-4-6-8-14)22(28)21-18(24)9-15(10-19(21)25)29-12-20(26)27;1-2/h4-11,20H,2-3,12H2,1H3;1-2H3. The van der Waals surface area contributed by atoms with Gasteiger partial charge in [0.15, 0.2) is 0 Å². The minimum absolute atomic E-state index is 0.271. The molecule has 2 nitrogen and oxygen atoms in total. The van der Waals surface area contributed by atoms with Crippen molar-refractivity contribution in [2.24, 2.45) is 0 Å². The van der Waals surface area contributed by atoms with E-state index < -0.39 is 24.7 Å². The fourth-order valence-electron chi connectivity index (χ4n) is 3.16. The lowest BCUT2D eigenvalue weighted by Crippen LogP contribution is -2.25. The molecule has 0 amide bonds. The summed E-state index contributed by atoms with van der Waals surface area (Å²) in [5, 5.41) is 0. The molecule has 0 N–H and O–H groups in total. The molecule has 2 aromatic rings. The minimum atomic E-state index is -2.74. The Balaban J connectivity index is 0.00000166. The molecule has 1 aliphatic rings. The summed E-state index contributed by atoms with van der Waals surface area (Å²) in [5.74, 6) is -2.11. The minimum Gasteiger partial charge on any atom is -0.487 e. The van der Waals surface area contributed by atoms with Crippen LogP contribution in [0.2, 0.25) is 0 Å². The first-order valence-corrected chi connectivity index (χ1v) is 10.7. The first kappa shape index (κ1) is 24.7. The van der Waals surface area contributed by atoms with Crippen LogP contribution in [0, 0.1) is 11.6 Å². The summed E-state index contributed by atoms with van der Waals surface area (Å²) in [6.45, 7) is 9.32. The van der Waals surface area contributed by atoms with Gasteiger partial charge in [0, 0.05) is 34.4 Å². The number of benzene rings is 2. The van der Waals surface area contributed by atoms with Crippen molar-refractivity contribution in [1.82, 2.24) is 4.90 Å². The van der Waals surface area contributed by atoms with E-state index in [4.69, 9.17) is 4.74 Å². The number of rotatable bonds is 6. The largest absolute Gasteiger partial charge is 0.487 e. The lowest BCUT2D eigenvalue weighted by Gasteiger charge is -2.34. The van der Waals surface area contributed by atoms with Crippen LogP contribution in [0.1, 0.15) is 31.9 Å². The molecule has 0 aromatic heterocycles. The van der Waals surface area contributed by atoms with Gasteiger partial charge in [-0.3, -0.25) is 0 Å². The molecule has 166 valence electrons. The molecule has 1 heterocycles. The van der Waals surface area contributed by atoms with Gasteiger partial charge in [-0.25, -0.2) is 17.6 Å². The fourth-order valence-corrected chi connectivity index (χ4v) is 3.61. The Hall–Kier alpha value is -2.54. The summed E-state index contributed by atoms with van der Waals surface area (Å²) < 4.78 is 60.2. The highest BCUT2D eigenvalue weighted by atomic mass is 79.9. The zero-order valence-corrected chi connectivity index (χ0v) is 19.1. The van der Waals surface area contributed by atoms with Gasteiger partial charge in [-0.05, 0) is 34.5 Å². The van der Waals surface area contributed by atoms with E-state index in [0.29, 0.717) is 28.0 Å². The maximum atomic E-state index is 15.0. The fraction of sp³-hybridized carbons (Fsp3) is 0.250. The van der Waals surface area contributed by atoms with Crippen molar-refractivity contribution in [2.75, 3.05) is 13.2 Å². The quantitative estimate of drug-likeness (QED) is 0.380. The number of ether oxygens (including phenoxy) is 1.